The standard InChI is InChI=1S/C8H6O2.H2O3S/c9-5-7-1-2-8(6-10)4-3-7;1-4(2)3/h1-6H;(H2,1,2,3). The van der Waals surface area contributed by atoms with Crippen LogP contribution in [0.25, 0.3) is 0 Å². The Morgan fingerprint density at radius 3 is 1.29 bits per heavy atom. The van der Waals surface area contributed by atoms with Crippen LogP contribution < -0.4 is 0 Å². The van der Waals surface area contributed by atoms with E-state index in [9.17, 15) is 9.59 Å². The predicted octanol–water partition coefficient (Wildman–Crippen LogP) is 0.993. The fraction of sp³-hybridized carbons (Fsp3) is 0. The van der Waals surface area contributed by atoms with Crippen molar-refractivity contribution in [2.45, 2.75) is 0 Å². The molecule has 76 valence electrons. The van der Waals surface area contributed by atoms with E-state index in [2.05, 4.69) is 0 Å². The molecule has 0 saturated carbocycles. The van der Waals surface area contributed by atoms with Crippen molar-refractivity contribution >= 4 is 23.9 Å². The predicted molar refractivity (Wildman–Crippen MR) is 50.6 cm³/mol. The Morgan fingerprint density at radius 2 is 1.14 bits per heavy atom. The van der Waals surface area contributed by atoms with E-state index < -0.39 is 11.4 Å². The van der Waals surface area contributed by atoms with Gasteiger partial charge in [0.1, 0.15) is 12.6 Å². The van der Waals surface area contributed by atoms with Gasteiger partial charge in [-0.25, -0.2) is 0 Å². The second-order valence-corrected chi connectivity index (χ2v) is 2.59. The number of carbonyl (C=O) groups excluding carboxylic acids is 2. The van der Waals surface area contributed by atoms with Crippen LogP contribution in [0.15, 0.2) is 24.3 Å². The minimum Gasteiger partial charge on any atom is -0.298 e. The maximum absolute atomic E-state index is 10.1. The third-order valence-electron chi connectivity index (χ3n) is 1.21. The SMILES string of the molecule is O=Cc1ccc(C=O)cc1.O=S(O)O. The van der Waals surface area contributed by atoms with Crippen molar-refractivity contribution < 1.29 is 22.9 Å². The van der Waals surface area contributed by atoms with Crippen molar-refractivity contribution in [1.29, 1.82) is 0 Å². The molecule has 6 heteroatoms. The van der Waals surface area contributed by atoms with Gasteiger partial charge in [-0.2, -0.15) is 4.21 Å². The van der Waals surface area contributed by atoms with E-state index in [1.165, 1.54) is 0 Å². The van der Waals surface area contributed by atoms with E-state index in [4.69, 9.17) is 13.3 Å². The van der Waals surface area contributed by atoms with Gasteiger partial charge in [0.05, 0.1) is 0 Å². The highest BCUT2D eigenvalue weighted by molar-refractivity contribution is 7.73. The normalized spacial score (nSPS) is 8.79. The molecule has 0 amide bonds. The first-order valence-corrected chi connectivity index (χ1v) is 4.47. The number of aldehydes is 2. The summed E-state index contributed by atoms with van der Waals surface area (Å²) >= 11 is -2.61. The Labute approximate surface area is 82.9 Å². The van der Waals surface area contributed by atoms with Crippen molar-refractivity contribution in [2.75, 3.05) is 0 Å². The Balaban J connectivity index is 0.000000364. The van der Waals surface area contributed by atoms with E-state index in [0.29, 0.717) is 11.1 Å². The highest BCUT2D eigenvalue weighted by atomic mass is 32.2. The molecule has 14 heavy (non-hydrogen) atoms. The smallest absolute Gasteiger partial charge is 0.298 e. The molecule has 0 radical (unpaired) electrons. The van der Waals surface area contributed by atoms with Gasteiger partial charge in [0.2, 0.25) is 0 Å². The lowest BCUT2D eigenvalue weighted by molar-refractivity contribution is 0.111. The van der Waals surface area contributed by atoms with Crippen LogP contribution in [0.1, 0.15) is 20.7 Å². The van der Waals surface area contributed by atoms with Gasteiger partial charge in [0.25, 0.3) is 11.4 Å². The van der Waals surface area contributed by atoms with Crippen LogP contribution in [0.5, 0.6) is 0 Å². The van der Waals surface area contributed by atoms with E-state index in [-0.39, 0.29) is 0 Å². The molecule has 0 bridgehead atoms. The molecule has 0 atom stereocenters. The zero-order chi connectivity index (χ0) is 11.0. The summed E-state index contributed by atoms with van der Waals surface area (Å²) in [6, 6.07) is 6.43. The topological polar surface area (TPSA) is 91.7 Å². The third kappa shape index (κ3) is 6.18. The van der Waals surface area contributed by atoms with E-state index in [0.717, 1.165) is 12.6 Å². The fourth-order valence-corrected chi connectivity index (χ4v) is 0.653. The average molecular weight is 216 g/mol. The molecule has 0 saturated heterocycles. The van der Waals surface area contributed by atoms with Crippen LogP contribution >= 0.6 is 0 Å². The summed E-state index contributed by atoms with van der Waals surface area (Å²) in [5.41, 5.74) is 1.18. The molecule has 0 aliphatic carbocycles. The summed E-state index contributed by atoms with van der Waals surface area (Å²) in [5.74, 6) is 0. The zero-order valence-corrected chi connectivity index (χ0v) is 7.81. The van der Waals surface area contributed by atoms with Crippen LogP contribution in [-0.2, 0) is 11.4 Å². The van der Waals surface area contributed by atoms with Gasteiger partial charge in [0, 0.05) is 11.1 Å². The van der Waals surface area contributed by atoms with Gasteiger partial charge in [-0.1, -0.05) is 24.3 Å². The summed E-state index contributed by atoms with van der Waals surface area (Å²) in [7, 11) is 0. The maximum Gasteiger partial charge on any atom is 0.299 e. The number of carbonyl (C=O) groups is 2. The highest BCUT2D eigenvalue weighted by Gasteiger charge is 1.88. The van der Waals surface area contributed by atoms with Gasteiger partial charge in [-0.15, -0.1) is 0 Å². The van der Waals surface area contributed by atoms with Crippen LogP contribution in [-0.4, -0.2) is 25.9 Å². The molecule has 0 heterocycles. The van der Waals surface area contributed by atoms with Gasteiger partial charge in [-0.3, -0.25) is 18.7 Å². The molecule has 0 aliphatic heterocycles. The molecule has 0 aromatic heterocycles. The summed E-state index contributed by atoms with van der Waals surface area (Å²) in [4.78, 5) is 20.2. The third-order valence-corrected chi connectivity index (χ3v) is 1.21. The average Bonchev–Trinajstić information content (AvgIpc) is 2.17. The first kappa shape index (κ1) is 12.6. The number of rotatable bonds is 2. The summed E-state index contributed by atoms with van der Waals surface area (Å²) in [6.07, 6.45) is 1.49. The molecule has 5 nitrogen and oxygen atoms in total. The van der Waals surface area contributed by atoms with E-state index in [1.807, 2.05) is 0 Å². The molecular formula is C8H8O5S. The Bertz CT molecular complexity index is 288. The first-order chi connectivity index (χ1) is 6.60. The van der Waals surface area contributed by atoms with Gasteiger partial charge >= 0.3 is 0 Å². The quantitative estimate of drug-likeness (QED) is 0.568. The molecule has 1 aromatic carbocycles. The molecule has 0 spiro atoms. The minimum absolute atomic E-state index is 0.589. The van der Waals surface area contributed by atoms with Crippen LogP contribution in [0.4, 0.5) is 0 Å². The molecule has 1 aromatic rings. The van der Waals surface area contributed by atoms with E-state index >= 15 is 0 Å². The number of hydrogen-bond acceptors (Lipinski definition) is 3. The molecule has 1 rings (SSSR count). The first-order valence-electron chi connectivity index (χ1n) is 3.40. The molecule has 0 unspecified atom stereocenters. The molecule has 0 fully saturated rings. The van der Waals surface area contributed by atoms with Gasteiger partial charge < -0.3 is 0 Å². The number of hydrogen-bond donors (Lipinski definition) is 2. The lowest BCUT2D eigenvalue weighted by atomic mass is 10.2. The molecule has 0 aliphatic rings. The summed E-state index contributed by atoms with van der Waals surface area (Å²) in [6.45, 7) is 0. The summed E-state index contributed by atoms with van der Waals surface area (Å²) < 4.78 is 22.8. The largest absolute Gasteiger partial charge is 0.299 e. The van der Waals surface area contributed by atoms with Crippen molar-refractivity contribution in [2.24, 2.45) is 0 Å². The maximum atomic E-state index is 10.1. The van der Waals surface area contributed by atoms with Gasteiger partial charge in [0.15, 0.2) is 0 Å². The van der Waals surface area contributed by atoms with Crippen molar-refractivity contribution in [3.05, 3.63) is 35.4 Å². The zero-order valence-electron chi connectivity index (χ0n) is 6.99. The van der Waals surface area contributed by atoms with Crippen molar-refractivity contribution in [1.82, 2.24) is 0 Å². The molecular weight excluding hydrogens is 208 g/mol. The van der Waals surface area contributed by atoms with Crippen molar-refractivity contribution in [3.63, 3.8) is 0 Å². The molecule has 2 N–H and O–H groups in total. The van der Waals surface area contributed by atoms with Gasteiger partial charge in [-0.05, 0) is 0 Å². The highest BCUT2D eigenvalue weighted by Crippen LogP contribution is 1.98. The lowest BCUT2D eigenvalue weighted by Gasteiger charge is -1.88. The number of benzene rings is 1. The second kappa shape index (κ2) is 7.07. The Morgan fingerprint density at radius 1 is 0.929 bits per heavy atom. The lowest BCUT2D eigenvalue weighted by Crippen LogP contribution is -1.81. The fourth-order valence-electron chi connectivity index (χ4n) is 0.653. The van der Waals surface area contributed by atoms with E-state index in [1.54, 1.807) is 24.3 Å². The van der Waals surface area contributed by atoms with Crippen LogP contribution in [0.2, 0.25) is 0 Å². The summed E-state index contributed by atoms with van der Waals surface area (Å²) in [5, 5.41) is 0. The van der Waals surface area contributed by atoms with Crippen LogP contribution in [0.3, 0.4) is 0 Å². The van der Waals surface area contributed by atoms with Crippen LogP contribution in [0, 0.1) is 0 Å². The minimum atomic E-state index is -2.61. The van der Waals surface area contributed by atoms with Crippen molar-refractivity contribution in [3.8, 4) is 0 Å². The Kier molecular flexibility index (Phi) is 6.38. The monoisotopic (exact) mass is 216 g/mol. The second-order valence-electron chi connectivity index (χ2n) is 2.13. The Hall–Kier alpha value is -1.37.